The van der Waals surface area contributed by atoms with Gasteiger partial charge in [0.25, 0.3) is 0 Å². The minimum atomic E-state index is -0.356. The van der Waals surface area contributed by atoms with E-state index in [1.54, 1.807) is 0 Å². The molecule has 0 spiro atoms. The molecule has 6 N–H and O–H groups in total. The van der Waals surface area contributed by atoms with Gasteiger partial charge in [0.15, 0.2) is 0 Å². The van der Waals surface area contributed by atoms with Gasteiger partial charge in [-0.05, 0) is 44.4 Å². The van der Waals surface area contributed by atoms with Gasteiger partial charge in [0, 0.05) is 0 Å². The Morgan fingerprint density at radius 3 is 1.81 bits per heavy atom. The Balaban J connectivity index is -0.000000306. The zero-order valence-corrected chi connectivity index (χ0v) is 12.1. The normalized spacial score (nSPS) is 28.3. The molecule has 0 aromatic rings. The van der Waals surface area contributed by atoms with Crippen LogP contribution in [0.1, 0.15) is 46.5 Å². The average molecular weight is 276 g/mol. The van der Waals surface area contributed by atoms with E-state index in [0.29, 0.717) is 0 Å². The highest BCUT2D eigenvalue weighted by atomic mass is 35.5. The lowest BCUT2D eigenvalue weighted by molar-refractivity contribution is 0.00161. The highest BCUT2D eigenvalue weighted by molar-refractivity contribution is 6.40. The van der Waals surface area contributed by atoms with Crippen molar-refractivity contribution in [1.82, 2.24) is 6.15 Å². The number of halogens is 2. The quantitative estimate of drug-likeness (QED) is 0.719. The Labute approximate surface area is 109 Å². The molecule has 1 aliphatic carbocycles. The molecule has 0 saturated heterocycles. The van der Waals surface area contributed by atoms with Crippen LogP contribution in [0.3, 0.4) is 0 Å². The van der Waals surface area contributed by atoms with Crippen molar-refractivity contribution in [3.05, 3.63) is 0 Å². The second-order valence-corrected chi connectivity index (χ2v) is 5.49. The fraction of sp³-hybridized carbons (Fsp3) is 1.00. The lowest BCUT2D eigenvalue weighted by Gasteiger charge is -2.34. The molecule has 0 aromatic carbocycles. The van der Waals surface area contributed by atoms with Gasteiger partial charge in [0.2, 0.25) is 0 Å². The summed E-state index contributed by atoms with van der Waals surface area (Å²) in [6.07, 6.45) is 4.42. The number of hydrogen-bond acceptors (Lipinski definition) is 2. The van der Waals surface area contributed by atoms with Crippen LogP contribution in [0.4, 0.5) is 0 Å². The van der Waals surface area contributed by atoms with Crippen LogP contribution in [0.15, 0.2) is 0 Å². The summed E-state index contributed by atoms with van der Waals surface area (Å²) < 4.78 is 0. The first-order valence-corrected chi connectivity index (χ1v) is 6.34. The Kier molecular flexibility index (Phi) is 14.4. The molecule has 0 radical (unpaired) electrons. The first-order valence-electron chi connectivity index (χ1n) is 5.27. The van der Waals surface area contributed by atoms with Gasteiger partial charge < -0.3 is 16.7 Å². The largest absolute Gasteiger partial charge is 0.412 e. The molecule has 1 fully saturated rings. The topological polar surface area (TPSA) is 86.7 Å². The van der Waals surface area contributed by atoms with E-state index >= 15 is 0 Å². The molecule has 0 aromatic heterocycles. The van der Waals surface area contributed by atoms with Crippen molar-refractivity contribution in [2.75, 3.05) is 5.34 Å². The second kappa shape index (κ2) is 10.6. The monoisotopic (exact) mass is 275 g/mol. The summed E-state index contributed by atoms with van der Waals surface area (Å²) in [5.41, 5.74) is -0.356. The summed E-state index contributed by atoms with van der Waals surface area (Å²) in [7, 11) is 0. The molecule has 0 atom stereocenters. The maximum absolute atomic E-state index is 9.67. The van der Waals surface area contributed by atoms with Crippen molar-refractivity contribution in [2.24, 2.45) is 11.8 Å². The van der Waals surface area contributed by atoms with Crippen molar-refractivity contribution in [1.29, 1.82) is 0 Å². The highest BCUT2D eigenvalue weighted by Crippen LogP contribution is 2.35. The fourth-order valence-corrected chi connectivity index (χ4v) is 1.93. The summed E-state index contributed by atoms with van der Waals surface area (Å²) >= 11 is 9.53. The van der Waals surface area contributed by atoms with E-state index in [1.807, 2.05) is 6.92 Å². The van der Waals surface area contributed by atoms with Crippen molar-refractivity contribution in [3.8, 4) is 0 Å². The third-order valence-corrected chi connectivity index (χ3v) is 3.05. The molecule has 1 saturated carbocycles. The van der Waals surface area contributed by atoms with Gasteiger partial charge in [-0.15, -0.1) is 23.2 Å². The maximum atomic E-state index is 9.67. The summed E-state index contributed by atoms with van der Waals surface area (Å²) in [4.78, 5) is 0. The van der Waals surface area contributed by atoms with Crippen molar-refractivity contribution >= 4 is 23.2 Å². The van der Waals surface area contributed by atoms with Gasteiger partial charge in [0.1, 0.15) is 0 Å². The van der Waals surface area contributed by atoms with E-state index in [4.69, 9.17) is 23.2 Å². The Hall–Kier alpha value is 0.460. The van der Waals surface area contributed by atoms with Gasteiger partial charge in [-0.3, -0.25) is 0 Å². The zero-order chi connectivity index (χ0) is 11.2. The Morgan fingerprint density at radius 2 is 1.56 bits per heavy atom. The molecule has 5 heteroatoms. The molecule has 0 unspecified atom stereocenters. The number of aliphatic hydroxyl groups is 1. The van der Waals surface area contributed by atoms with Gasteiger partial charge in [-0.25, -0.2) is 0 Å². The van der Waals surface area contributed by atoms with Crippen LogP contribution < -0.4 is 6.15 Å². The Morgan fingerprint density at radius 1 is 1.25 bits per heavy atom. The summed E-state index contributed by atoms with van der Waals surface area (Å²) in [6.45, 7) is 6.53. The molecule has 0 aliphatic heterocycles. The molecular formula is C11H27Cl2NO2. The number of rotatable bonds is 1. The second-order valence-electron chi connectivity index (χ2n) is 4.68. The van der Waals surface area contributed by atoms with Gasteiger partial charge in [-0.2, -0.15) is 0 Å². The molecule has 1 aliphatic rings. The van der Waals surface area contributed by atoms with E-state index in [2.05, 4.69) is 13.8 Å². The van der Waals surface area contributed by atoms with E-state index in [0.717, 1.165) is 24.7 Å². The van der Waals surface area contributed by atoms with Crippen molar-refractivity contribution in [3.63, 3.8) is 0 Å². The lowest BCUT2D eigenvalue weighted by atomic mass is 9.75. The molecule has 0 amide bonds. The third-order valence-electron chi connectivity index (χ3n) is 3.05. The Bertz CT molecular complexity index is 145. The standard InChI is InChI=1S/C10H20O.CH2Cl2.H3N.H2O/c1-8(2)9-4-6-10(3,11)7-5-9;2-1-3;;/h8-9,11H,4-7H2,1-3H3;1H2;1H3;1H2. The summed E-state index contributed by atoms with van der Waals surface area (Å²) in [6, 6.07) is 0. The minimum Gasteiger partial charge on any atom is -0.412 e. The van der Waals surface area contributed by atoms with Crippen LogP contribution in [0.25, 0.3) is 0 Å². The van der Waals surface area contributed by atoms with Crippen LogP contribution >= 0.6 is 23.2 Å². The first kappa shape index (κ1) is 21.7. The average Bonchev–Trinajstić information content (AvgIpc) is 2.04. The lowest BCUT2D eigenvalue weighted by Crippen LogP contribution is -2.31. The first-order chi connectivity index (χ1) is 6.43. The van der Waals surface area contributed by atoms with Crippen LogP contribution in [0.2, 0.25) is 0 Å². The minimum absolute atomic E-state index is 0. The predicted molar refractivity (Wildman–Crippen MR) is 72.6 cm³/mol. The van der Waals surface area contributed by atoms with Gasteiger partial charge in [-0.1, -0.05) is 13.8 Å². The number of alkyl halides is 2. The predicted octanol–water partition coefficient (Wildman–Crippen LogP) is 3.34. The van der Waals surface area contributed by atoms with Crippen molar-refractivity contribution < 1.29 is 10.6 Å². The molecule has 102 valence electrons. The van der Waals surface area contributed by atoms with E-state index in [1.165, 1.54) is 12.8 Å². The molecule has 3 nitrogen and oxygen atoms in total. The molecule has 0 bridgehead atoms. The van der Waals surface area contributed by atoms with E-state index in [9.17, 15) is 5.11 Å². The zero-order valence-electron chi connectivity index (χ0n) is 10.6. The fourth-order valence-electron chi connectivity index (χ4n) is 1.93. The van der Waals surface area contributed by atoms with Crippen LogP contribution in [-0.4, -0.2) is 21.5 Å². The molecular weight excluding hydrogens is 249 g/mol. The highest BCUT2D eigenvalue weighted by Gasteiger charge is 2.29. The van der Waals surface area contributed by atoms with Crippen molar-refractivity contribution in [2.45, 2.75) is 52.1 Å². The molecule has 16 heavy (non-hydrogen) atoms. The van der Waals surface area contributed by atoms with Crippen LogP contribution in [0.5, 0.6) is 0 Å². The molecule has 1 rings (SSSR count). The summed E-state index contributed by atoms with van der Waals surface area (Å²) in [5, 5.41) is 9.87. The number of hydrogen-bond donors (Lipinski definition) is 2. The summed E-state index contributed by atoms with van der Waals surface area (Å²) in [5.74, 6) is 1.65. The van der Waals surface area contributed by atoms with E-state index < -0.39 is 0 Å². The maximum Gasteiger partial charge on any atom is 0.0967 e. The van der Waals surface area contributed by atoms with Gasteiger partial charge >= 0.3 is 0 Å². The van der Waals surface area contributed by atoms with Crippen LogP contribution in [0, 0.1) is 11.8 Å². The SMILES string of the molecule is CC(C)C1CCC(C)(O)CC1.ClCCl.N.O. The van der Waals surface area contributed by atoms with E-state index in [-0.39, 0.29) is 22.6 Å². The van der Waals surface area contributed by atoms with Crippen LogP contribution in [-0.2, 0) is 0 Å². The smallest absolute Gasteiger partial charge is 0.0967 e. The third kappa shape index (κ3) is 9.67. The van der Waals surface area contributed by atoms with Gasteiger partial charge in [0.05, 0.1) is 10.9 Å². The molecule has 0 heterocycles.